The molecule has 2 aromatic rings. The van der Waals surface area contributed by atoms with Crippen LogP contribution in [0.25, 0.3) is 10.9 Å². The van der Waals surface area contributed by atoms with E-state index >= 15 is 0 Å². The summed E-state index contributed by atoms with van der Waals surface area (Å²) in [5.41, 5.74) is 1.44. The van der Waals surface area contributed by atoms with Gasteiger partial charge >= 0.3 is 0 Å². The number of hydrogen-bond donors (Lipinski definition) is 0. The summed E-state index contributed by atoms with van der Waals surface area (Å²) in [6, 6.07) is 7.44. The third kappa shape index (κ3) is 2.54. The Balaban J connectivity index is 2.56. The first-order valence-corrected chi connectivity index (χ1v) is 6.49. The molecule has 0 fully saturated rings. The molecule has 2 rings (SSSR count). The van der Waals surface area contributed by atoms with Gasteiger partial charge in [-0.2, -0.15) is 5.26 Å². The molecule has 0 amide bonds. The lowest BCUT2D eigenvalue weighted by Crippen LogP contribution is -1.99. The first-order valence-electron chi connectivity index (χ1n) is 5.35. The number of fused-ring (bicyclic) bond motifs is 1. The quantitative estimate of drug-likeness (QED) is 0.740. The van der Waals surface area contributed by atoms with Crippen LogP contribution in [0.3, 0.4) is 0 Å². The van der Waals surface area contributed by atoms with Gasteiger partial charge in [0.2, 0.25) is 0 Å². The van der Waals surface area contributed by atoms with Crippen LogP contribution in [-0.4, -0.2) is 4.98 Å². The van der Waals surface area contributed by atoms with E-state index in [1.807, 2.05) is 19.1 Å². The van der Waals surface area contributed by atoms with Gasteiger partial charge in [-0.3, -0.25) is 4.98 Å². The maximum atomic E-state index is 8.80. The van der Waals surface area contributed by atoms with Gasteiger partial charge in [-0.15, -0.1) is 0 Å². The fourth-order valence-corrected chi connectivity index (χ4v) is 2.43. The van der Waals surface area contributed by atoms with Crippen LogP contribution in [0, 0.1) is 17.2 Å². The molecule has 0 aliphatic rings. The summed E-state index contributed by atoms with van der Waals surface area (Å²) in [5, 5.41) is 10.8. The van der Waals surface area contributed by atoms with Gasteiger partial charge in [0.15, 0.2) is 0 Å². The van der Waals surface area contributed by atoms with Gasteiger partial charge in [0.25, 0.3) is 0 Å². The van der Waals surface area contributed by atoms with Crippen LogP contribution in [0.2, 0.25) is 15.1 Å². The van der Waals surface area contributed by atoms with Crippen LogP contribution in [0.1, 0.15) is 12.6 Å². The van der Waals surface area contributed by atoms with Crippen LogP contribution in [-0.2, 0) is 6.42 Å². The Hall–Kier alpha value is -1.01. The van der Waals surface area contributed by atoms with E-state index < -0.39 is 0 Å². The molecular weight excluding hydrogens is 291 g/mol. The van der Waals surface area contributed by atoms with Gasteiger partial charge in [-0.05, 0) is 25.1 Å². The van der Waals surface area contributed by atoms with E-state index in [0.717, 1.165) is 11.1 Å². The number of rotatable bonds is 2. The first kappa shape index (κ1) is 13.4. The second kappa shape index (κ2) is 5.32. The zero-order valence-corrected chi connectivity index (χ0v) is 11.8. The lowest BCUT2D eigenvalue weighted by atomic mass is 10.1. The van der Waals surface area contributed by atoms with Crippen molar-refractivity contribution in [3.63, 3.8) is 0 Å². The SMILES string of the molecule is CC(C#N)Cc1ccc2c(Cl)c(Cl)cc(Cl)c2n1. The van der Waals surface area contributed by atoms with Crippen molar-refractivity contribution in [1.82, 2.24) is 4.98 Å². The molecule has 1 atom stereocenters. The molecule has 0 N–H and O–H groups in total. The van der Waals surface area contributed by atoms with Crippen LogP contribution in [0.15, 0.2) is 18.2 Å². The molecule has 2 nitrogen and oxygen atoms in total. The van der Waals surface area contributed by atoms with Gasteiger partial charge in [0.05, 0.1) is 26.7 Å². The maximum absolute atomic E-state index is 8.80. The second-order valence-corrected chi connectivity index (χ2v) is 5.28. The number of benzene rings is 1. The second-order valence-electron chi connectivity index (χ2n) is 4.09. The smallest absolute Gasteiger partial charge is 0.0907 e. The number of halogens is 3. The van der Waals surface area contributed by atoms with Gasteiger partial charge in [-0.25, -0.2) is 0 Å². The predicted octanol–water partition coefficient (Wildman–Crippen LogP) is 4.90. The molecular formula is C13H9Cl3N2. The Morgan fingerprint density at radius 2 is 2.00 bits per heavy atom. The first-order chi connectivity index (χ1) is 8.52. The van der Waals surface area contributed by atoms with E-state index in [1.54, 1.807) is 6.07 Å². The van der Waals surface area contributed by atoms with Crippen LogP contribution >= 0.6 is 34.8 Å². The summed E-state index contributed by atoms with van der Waals surface area (Å²) >= 11 is 18.2. The lowest BCUT2D eigenvalue weighted by Gasteiger charge is -2.08. The van der Waals surface area contributed by atoms with Crippen molar-refractivity contribution in [2.45, 2.75) is 13.3 Å². The average Bonchev–Trinajstić information content (AvgIpc) is 2.36. The Bertz CT molecular complexity index is 647. The zero-order chi connectivity index (χ0) is 13.3. The molecule has 0 radical (unpaired) electrons. The van der Waals surface area contributed by atoms with Gasteiger partial charge in [-0.1, -0.05) is 34.8 Å². The molecule has 1 heterocycles. The van der Waals surface area contributed by atoms with Crippen molar-refractivity contribution in [2.75, 3.05) is 0 Å². The number of nitrogens with zero attached hydrogens (tertiary/aromatic N) is 2. The van der Waals surface area contributed by atoms with Crippen molar-refractivity contribution in [3.05, 3.63) is 39.0 Å². The third-order valence-electron chi connectivity index (χ3n) is 2.61. The lowest BCUT2D eigenvalue weighted by molar-refractivity contribution is 0.724. The van der Waals surface area contributed by atoms with E-state index in [4.69, 9.17) is 40.1 Å². The topological polar surface area (TPSA) is 36.7 Å². The minimum absolute atomic E-state index is 0.0866. The summed E-state index contributed by atoms with van der Waals surface area (Å²) in [4.78, 5) is 4.44. The molecule has 1 unspecified atom stereocenters. The molecule has 18 heavy (non-hydrogen) atoms. The summed E-state index contributed by atoms with van der Waals surface area (Å²) in [7, 11) is 0. The van der Waals surface area contributed by atoms with Gasteiger partial charge in [0.1, 0.15) is 0 Å². The molecule has 0 spiro atoms. The monoisotopic (exact) mass is 298 g/mol. The molecule has 0 saturated carbocycles. The van der Waals surface area contributed by atoms with Crippen molar-refractivity contribution in [1.29, 1.82) is 5.26 Å². The molecule has 92 valence electrons. The summed E-state index contributed by atoms with van der Waals surface area (Å²) in [5.74, 6) is -0.0866. The van der Waals surface area contributed by atoms with Crippen LogP contribution in [0.5, 0.6) is 0 Å². The largest absolute Gasteiger partial charge is 0.251 e. The summed E-state index contributed by atoms with van der Waals surface area (Å²) < 4.78 is 0. The van der Waals surface area contributed by atoms with Crippen molar-refractivity contribution < 1.29 is 0 Å². The van der Waals surface area contributed by atoms with E-state index in [9.17, 15) is 0 Å². The van der Waals surface area contributed by atoms with Gasteiger partial charge < -0.3 is 0 Å². The predicted molar refractivity (Wildman–Crippen MR) is 75.3 cm³/mol. The minimum Gasteiger partial charge on any atom is -0.251 e. The molecule has 0 aliphatic heterocycles. The highest BCUT2D eigenvalue weighted by atomic mass is 35.5. The average molecular weight is 300 g/mol. The van der Waals surface area contributed by atoms with Gasteiger partial charge in [0, 0.05) is 23.4 Å². The number of hydrogen-bond acceptors (Lipinski definition) is 2. The van der Waals surface area contributed by atoms with Crippen LogP contribution < -0.4 is 0 Å². The molecule has 0 bridgehead atoms. The van der Waals surface area contributed by atoms with E-state index in [0.29, 0.717) is 27.0 Å². The fraction of sp³-hybridized carbons (Fsp3) is 0.231. The molecule has 1 aromatic heterocycles. The summed E-state index contributed by atoms with van der Waals surface area (Å²) in [6.45, 7) is 1.85. The van der Waals surface area contributed by atoms with Crippen molar-refractivity contribution >= 4 is 45.7 Å². The molecule has 0 saturated heterocycles. The highest BCUT2D eigenvalue weighted by Crippen LogP contribution is 2.35. The normalized spacial score (nSPS) is 12.4. The molecule has 0 aliphatic carbocycles. The zero-order valence-electron chi connectivity index (χ0n) is 9.54. The Labute approximate surface area is 120 Å². The van der Waals surface area contributed by atoms with E-state index in [-0.39, 0.29) is 5.92 Å². The van der Waals surface area contributed by atoms with E-state index in [2.05, 4.69) is 11.1 Å². The number of aromatic nitrogens is 1. The molecule has 5 heteroatoms. The van der Waals surface area contributed by atoms with Crippen LogP contribution in [0.4, 0.5) is 0 Å². The minimum atomic E-state index is -0.0866. The van der Waals surface area contributed by atoms with Crippen molar-refractivity contribution in [2.24, 2.45) is 5.92 Å². The third-order valence-corrected chi connectivity index (χ3v) is 3.70. The Morgan fingerprint density at radius 1 is 1.28 bits per heavy atom. The fourth-order valence-electron chi connectivity index (χ4n) is 1.70. The summed E-state index contributed by atoms with van der Waals surface area (Å²) in [6.07, 6.45) is 0.586. The number of nitriles is 1. The number of pyridine rings is 1. The Kier molecular flexibility index (Phi) is 3.97. The Morgan fingerprint density at radius 3 is 2.67 bits per heavy atom. The maximum Gasteiger partial charge on any atom is 0.0907 e. The van der Waals surface area contributed by atoms with E-state index in [1.165, 1.54) is 0 Å². The highest BCUT2D eigenvalue weighted by molar-refractivity contribution is 6.47. The highest BCUT2D eigenvalue weighted by Gasteiger charge is 2.11. The van der Waals surface area contributed by atoms with Crippen molar-refractivity contribution in [3.8, 4) is 6.07 Å². The molecule has 1 aromatic carbocycles. The standard InChI is InChI=1S/C13H9Cl3N2/c1-7(6-17)4-8-2-3-9-12(16)10(14)5-11(15)13(9)18-8/h2-3,5,7H,4H2,1H3.